The maximum absolute atomic E-state index is 12.5. The van der Waals surface area contributed by atoms with E-state index in [1.165, 1.54) is 13.0 Å². The summed E-state index contributed by atoms with van der Waals surface area (Å²) in [5, 5.41) is 23.3. The Balaban J connectivity index is 1.64. The molecule has 30 heavy (non-hydrogen) atoms. The molecule has 0 aliphatic rings. The second-order valence-corrected chi connectivity index (χ2v) is 7.02. The van der Waals surface area contributed by atoms with Gasteiger partial charge in [0, 0.05) is 29.1 Å². The minimum Gasteiger partial charge on any atom is -0.507 e. The zero-order valence-corrected chi connectivity index (χ0v) is 16.6. The van der Waals surface area contributed by atoms with Crippen molar-refractivity contribution in [2.24, 2.45) is 0 Å². The first kappa shape index (κ1) is 19.2. The molecule has 0 aliphatic heterocycles. The van der Waals surface area contributed by atoms with Crippen LogP contribution in [0.15, 0.2) is 36.5 Å². The molecule has 3 aromatic heterocycles. The predicted molar refractivity (Wildman–Crippen MR) is 114 cm³/mol. The summed E-state index contributed by atoms with van der Waals surface area (Å²) in [4.78, 5) is 31.3. The van der Waals surface area contributed by atoms with Crippen LogP contribution in [0.25, 0.3) is 22.3 Å². The number of amides is 2. The van der Waals surface area contributed by atoms with Crippen molar-refractivity contribution in [3.63, 3.8) is 0 Å². The van der Waals surface area contributed by atoms with Crippen LogP contribution in [-0.2, 0) is 4.79 Å². The van der Waals surface area contributed by atoms with Gasteiger partial charge >= 0.3 is 0 Å². The Morgan fingerprint density at radius 2 is 1.87 bits per heavy atom. The summed E-state index contributed by atoms with van der Waals surface area (Å²) >= 11 is 0. The van der Waals surface area contributed by atoms with Crippen molar-refractivity contribution < 1.29 is 14.7 Å². The molecule has 0 unspecified atom stereocenters. The lowest BCUT2D eigenvalue weighted by atomic mass is 10.1. The van der Waals surface area contributed by atoms with Crippen molar-refractivity contribution in [1.29, 1.82) is 0 Å². The van der Waals surface area contributed by atoms with Gasteiger partial charge in [-0.05, 0) is 44.2 Å². The number of phenols is 1. The number of hydrogen-bond donors (Lipinski definition) is 5. The van der Waals surface area contributed by atoms with Crippen molar-refractivity contribution in [2.45, 2.75) is 20.8 Å². The standard InChI is InChI=1S/C21H20N6O3/c1-10-11(2)26-27-19(10)21(30)24-15-6-13-7-17(25-20(13)22-9-15)16-8-14(23-12(3)28)4-5-18(16)29/h4-9,29H,1-3H3,(H,22,25)(H,23,28)(H,24,30)(H,26,27). The van der Waals surface area contributed by atoms with E-state index in [1.807, 2.05) is 19.9 Å². The largest absolute Gasteiger partial charge is 0.507 e. The summed E-state index contributed by atoms with van der Waals surface area (Å²) in [5.74, 6) is -0.437. The first-order valence-electron chi connectivity index (χ1n) is 9.24. The predicted octanol–water partition coefficient (Wildman–Crippen LogP) is 3.49. The number of carbonyl (C=O) groups excluding carboxylic acids is 2. The van der Waals surface area contributed by atoms with Gasteiger partial charge in [0.1, 0.15) is 17.1 Å². The first-order chi connectivity index (χ1) is 14.3. The van der Waals surface area contributed by atoms with Gasteiger partial charge in [-0.1, -0.05) is 0 Å². The molecule has 0 atom stereocenters. The Kier molecular flexibility index (Phi) is 4.71. The Morgan fingerprint density at radius 1 is 1.07 bits per heavy atom. The normalized spacial score (nSPS) is 10.9. The Morgan fingerprint density at radius 3 is 2.57 bits per heavy atom. The van der Waals surface area contributed by atoms with Gasteiger partial charge in [-0.25, -0.2) is 4.98 Å². The van der Waals surface area contributed by atoms with Crippen LogP contribution in [0.5, 0.6) is 5.75 Å². The third-order valence-electron chi connectivity index (χ3n) is 4.82. The number of aryl methyl sites for hydroxylation is 1. The van der Waals surface area contributed by atoms with Crippen molar-refractivity contribution in [2.75, 3.05) is 10.6 Å². The lowest BCUT2D eigenvalue weighted by Crippen LogP contribution is -2.13. The van der Waals surface area contributed by atoms with Crippen molar-refractivity contribution in [3.05, 3.63) is 53.5 Å². The maximum atomic E-state index is 12.5. The molecule has 0 spiro atoms. The van der Waals surface area contributed by atoms with Crippen LogP contribution in [0.1, 0.15) is 28.7 Å². The summed E-state index contributed by atoms with van der Waals surface area (Å²) in [6.45, 7) is 5.07. The molecule has 0 aliphatic carbocycles. The Hall–Kier alpha value is -4.14. The van der Waals surface area contributed by atoms with Crippen LogP contribution in [0.3, 0.4) is 0 Å². The lowest BCUT2D eigenvalue weighted by molar-refractivity contribution is -0.114. The average molecular weight is 404 g/mol. The zero-order valence-electron chi connectivity index (χ0n) is 16.6. The SMILES string of the molecule is CC(=O)Nc1ccc(O)c(-c2cc3cc(NC(=O)c4[nH]nc(C)c4C)cnc3[nH]2)c1. The summed E-state index contributed by atoms with van der Waals surface area (Å²) in [7, 11) is 0. The first-order valence-corrected chi connectivity index (χ1v) is 9.24. The van der Waals surface area contributed by atoms with Gasteiger partial charge in [0.05, 0.1) is 23.3 Å². The molecule has 0 radical (unpaired) electrons. The third-order valence-corrected chi connectivity index (χ3v) is 4.82. The fourth-order valence-electron chi connectivity index (χ4n) is 3.16. The highest BCUT2D eigenvalue weighted by Crippen LogP contribution is 2.33. The van der Waals surface area contributed by atoms with E-state index in [-0.39, 0.29) is 17.6 Å². The average Bonchev–Trinajstić information content (AvgIpc) is 3.26. The number of benzene rings is 1. The van der Waals surface area contributed by atoms with Gasteiger partial charge in [0.15, 0.2) is 0 Å². The van der Waals surface area contributed by atoms with E-state index in [1.54, 1.807) is 24.4 Å². The molecule has 0 saturated carbocycles. The summed E-state index contributed by atoms with van der Waals surface area (Å²) in [5.41, 5.74) is 4.81. The molecule has 0 fully saturated rings. The smallest absolute Gasteiger partial charge is 0.273 e. The second kappa shape index (κ2) is 7.36. The maximum Gasteiger partial charge on any atom is 0.273 e. The van der Waals surface area contributed by atoms with Gasteiger partial charge in [-0.3, -0.25) is 14.7 Å². The van der Waals surface area contributed by atoms with E-state index in [0.29, 0.717) is 34.0 Å². The van der Waals surface area contributed by atoms with Crippen LogP contribution < -0.4 is 10.6 Å². The molecule has 5 N–H and O–H groups in total. The number of aromatic nitrogens is 4. The van der Waals surface area contributed by atoms with Crippen LogP contribution in [-0.4, -0.2) is 37.1 Å². The number of hydrogen-bond acceptors (Lipinski definition) is 5. The van der Waals surface area contributed by atoms with E-state index >= 15 is 0 Å². The topological polar surface area (TPSA) is 136 Å². The number of phenolic OH excluding ortho intramolecular Hbond substituents is 1. The van der Waals surface area contributed by atoms with Crippen LogP contribution >= 0.6 is 0 Å². The molecular formula is C21H20N6O3. The van der Waals surface area contributed by atoms with Crippen molar-refractivity contribution in [1.82, 2.24) is 20.2 Å². The van der Waals surface area contributed by atoms with E-state index in [4.69, 9.17) is 0 Å². The molecule has 4 rings (SSSR count). The van der Waals surface area contributed by atoms with E-state index < -0.39 is 0 Å². The fourth-order valence-corrected chi connectivity index (χ4v) is 3.16. The van der Waals surface area contributed by atoms with Gasteiger partial charge in [-0.2, -0.15) is 5.10 Å². The number of aromatic amines is 2. The highest BCUT2D eigenvalue weighted by Gasteiger charge is 2.15. The zero-order chi connectivity index (χ0) is 21.4. The number of pyridine rings is 1. The van der Waals surface area contributed by atoms with Gasteiger partial charge in [-0.15, -0.1) is 0 Å². The number of nitrogens with zero attached hydrogens (tertiary/aromatic N) is 2. The molecule has 3 heterocycles. The van der Waals surface area contributed by atoms with E-state index in [2.05, 4.69) is 30.8 Å². The molecule has 9 heteroatoms. The molecular weight excluding hydrogens is 384 g/mol. The van der Waals surface area contributed by atoms with Gasteiger partial charge in [0.25, 0.3) is 5.91 Å². The number of fused-ring (bicyclic) bond motifs is 1. The lowest BCUT2D eigenvalue weighted by Gasteiger charge is -2.06. The number of anilines is 2. The van der Waals surface area contributed by atoms with E-state index in [9.17, 15) is 14.7 Å². The second-order valence-electron chi connectivity index (χ2n) is 7.02. The monoisotopic (exact) mass is 404 g/mol. The number of rotatable bonds is 4. The summed E-state index contributed by atoms with van der Waals surface area (Å²) in [6.07, 6.45) is 1.55. The van der Waals surface area contributed by atoms with Crippen LogP contribution in [0, 0.1) is 13.8 Å². The minimum atomic E-state index is -0.300. The minimum absolute atomic E-state index is 0.0641. The fraction of sp³-hybridized carbons (Fsp3) is 0.143. The van der Waals surface area contributed by atoms with Crippen molar-refractivity contribution in [3.8, 4) is 17.0 Å². The molecule has 0 saturated heterocycles. The number of aromatic hydroxyl groups is 1. The molecule has 152 valence electrons. The highest BCUT2D eigenvalue weighted by molar-refractivity contribution is 6.04. The quantitative estimate of drug-likeness (QED) is 0.332. The number of H-pyrrole nitrogens is 2. The molecule has 2 amide bonds. The van der Waals surface area contributed by atoms with Crippen LogP contribution in [0.2, 0.25) is 0 Å². The van der Waals surface area contributed by atoms with E-state index in [0.717, 1.165) is 16.6 Å². The van der Waals surface area contributed by atoms with Crippen molar-refractivity contribution >= 4 is 34.2 Å². The molecule has 9 nitrogen and oxygen atoms in total. The Bertz CT molecular complexity index is 1290. The highest BCUT2D eigenvalue weighted by atomic mass is 16.3. The summed E-state index contributed by atoms with van der Waals surface area (Å²) < 4.78 is 0. The molecule has 4 aromatic rings. The number of carbonyl (C=O) groups is 2. The molecule has 0 bridgehead atoms. The molecule has 1 aromatic carbocycles. The Labute approximate surface area is 171 Å². The van der Waals surface area contributed by atoms with Gasteiger partial charge < -0.3 is 20.7 Å². The third kappa shape index (κ3) is 3.60. The van der Waals surface area contributed by atoms with Crippen LogP contribution in [0.4, 0.5) is 11.4 Å². The van der Waals surface area contributed by atoms with Gasteiger partial charge in [0.2, 0.25) is 5.91 Å². The number of nitrogens with one attached hydrogen (secondary N) is 4. The summed E-state index contributed by atoms with van der Waals surface area (Å²) in [6, 6.07) is 8.41.